The van der Waals surface area contributed by atoms with Crippen molar-refractivity contribution in [3.63, 3.8) is 0 Å². The van der Waals surface area contributed by atoms with Crippen LogP contribution in [0.1, 0.15) is 15.5 Å². The number of amides is 1. The smallest absolute Gasteiger partial charge is 0.271 e. The van der Waals surface area contributed by atoms with Crippen LogP contribution in [-0.2, 0) is 0 Å². The molecule has 2 aromatic heterocycles. The molecule has 0 unspecified atom stereocenters. The van der Waals surface area contributed by atoms with Gasteiger partial charge in [0, 0.05) is 18.4 Å². The third-order valence-corrected chi connectivity index (χ3v) is 5.07. The van der Waals surface area contributed by atoms with E-state index >= 15 is 0 Å². The molecule has 0 aliphatic heterocycles. The number of H-pyrrole nitrogens is 1. The van der Waals surface area contributed by atoms with Gasteiger partial charge in [-0.3, -0.25) is 14.7 Å². The number of hydrogen-bond acceptors (Lipinski definition) is 6. The van der Waals surface area contributed by atoms with E-state index in [0.717, 1.165) is 9.35 Å². The summed E-state index contributed by atoms with van der Waals surface area (Å²) in [5, 5.41) is 14.5. The molecule has 24 heavy (non-hydrogen) atoms. The number of para-hydroxylation sites is 1. The summed E-state index contributed by atoms with van der Waals surface area (Å²) in [6.07, 6.45) is 0. The van der Waals surface area contributed by atoms with Crippen molar-refractivity contribution in [2.45, 2.75) is 11.3 Å². The number of carbonyl (C=O) groups excluding carboxylic acids is 1. The molecule has 0 saturated carbocycles. The fourth-order valence-corrected chi connectivity index (χ4v) is 3.76. The minimum atomic E-state index is -0.309. The highest BCUT2D eigenvalue weighted by atomic mass is 32.2. The first-order chi connectivity index (χ1) is 11.6. The third kappa shape index (κ3) is 3.92. The summed E-state index contributed by atoms with van der Waals surface area (Å²) >= 11 is 3.06. The Morgan fingerprint density at radius 2 is 2.12 bits per heavy atom. The third-order valence-electron chi connectivity index (χ3n) is 3.10. The lowest BCUT2D eigenvalue weighted by molar-refractivity contribution is 0.0951. The topological polar surface area (TPSA) is 92.7 Å². The molecule has 2 N–H and O–H groups in total. The van der Waals surface area contributed by atoms with Gasteiger partial charge in [0.2, 0.25) is 0 Å². The normalized spacial score (nSPS) is 10.7. The molecule has 2 heterocycles. The van der Waals surface area contributed by atoms with Gasteiger partial charge in [0.15, 0.2) is 4.34 Å². The highest BCUT2D eigenvalue weighted by Gasteiger charge is 2.11. The molecule has 7 nitrogen and oxygen atoms in total. The van der Waals surface area contributed by atoms with Crippen LogP contribution in [0.25, 0.3) is 5.69 Å². The molecule has 0 spiro atoms. The maximum atomic E-state index is 12.1. The molecule has 9 heteroatoms. The number of thioether (sulfide) groups is 1. The number of nitrogens with one attached hydrogen (secondary N) is 2. The number of carbonyl (C=O) groups is 1. The van der Waals surface area contributed by atoms with Crippen LogP contribution in [-0.4, -0.2) is 38.2 Å². The summed E-state index contributed by atoms with van der Waals surface area (Å²) < 4.78 is 2.22. The lowest BCUT2D eigenvalue weighted by atomic mass is 10.3. The monoisotopic (exact) mass is 361 g/mol. The van der Waals surface area contributed by atoms with E-state index in [4.69, 9.17) is 0 Å². The molecule has 0 aliphatic rings. The lowest BCUT2D eigenvalue weighted by Crippen LogP contribution is -2.26. The largest absolute Gasteiger partial charge is 0.350 e. The SMILES string of the molecule is Cc1nnc(SCCNC(=O)c2cc(=O)n(-c3ccccc3)[nH]2)s1. The minimum absolute atomic E-state index is 0.237. The number of aromatic amines is 1. The molecule has 124 valence electrons. The first-order valence-corrected chi connectivity index (χ1v) is 9.02. The minimum Gasteiger partial charge on any atom is -0.350 e. The lowest BCUT2D eigenvalue weighted by Gasteiger charge is -2.03. The van der Waals surface area contributed by atoms with Crippen molar-refractivity contribution in [3.05, 3.63) is 57.5 Å². The van der Waals surface area contributed by atoms with E-state index in [2.05, 4.69) is 20.6 Å². The van der Waals surface area contributed by atoms with Gasteiger partial charge in [-0.1, -0.05) is 41.3 Å². The number of nitrogens with zero attached hydrogens (tertiary/aromatic N) is 3. The number of aromatic nitrogens is 4. The molecule has 0 radical (unpaired) electrons. The van der Waals surface area contributed by atoms with Gasteiger partial charge in [-0.25, -0.2) is 4.68 Å². The Labute approximate surface area is 146 Å². The van der Waals surface area contributed by atoms with E-state index in [9.17, 15) is 9.59 Å². The van der Waals surface area contributed by atoms with Gasteiger partial charge in [0.05, 0.1) is 5.69 Å². The van der Waals surface area contributed by atoms with E-state index in [1.165, 1.54) is 33.8 Å². The maximum Gasteiger partial charge on any atom is 0.271 e. The number of rotatable bonds is 6. The Balaban J connectivity index is 1.57. The van der Waals surface area contributed by atoms with Crippen LogP contribution in [0.15, 0.2) is 45.5 Å². The van der Waals surface area contributed by atoms with E-state index in [0.29, 0.717) is 18.0 Å². The average Bonchev–Trinajstić information content (AvgIpc) is 3.18. The van der Waals surface area contributed by atoms with Crippen molar-refractivity contribution in [2.75, 3.05) is 12.3 Å². The Morgan fingerprint density at radius 1 is 1.33 bits per heavy atom. The summed E-state index contributed by atoms with van der Waals surface area (Å²) in [5.41, 5.74) is 0.648. The average molecular weight is 361 g/mol. The predicted octanol–water partition coefficient (Wildman–Crippen LogP) is 1.85. The van der Waals surface area contributed by atoms with Crippen LogP contribution in [0.3, 0.4) is 0 Å². The molecule has 0 aliphatic carbocycles. The number of aryl methyl sites for hydroxylation is 1. The molecule has 3 rings (SSSR count). The summed E-state index contributed by atoms with van der Waals surface area (Å²) in [6.45, 7) is 2.37. The highest BCUT2D eigenvalue weighted by molar-refractivity contribution is 8.01. The van der Waals surface area contributed by atoms with Crippen LogP contribution < -0.4 is 10.9 Å². The second kappa shape index (κ2) is 7.45. The molecule has 1 aromatic carbocycles. The van der Waals surface area contributed by atoms with E-state index < -0.39 is 0 Å². The van der Waals surface area contributed by atoms with Crippen LogP contribution >= 0.6 is 23.1 Å². The Morgan fingerprint density at radius 3 is 2.83 bits per heavy atom. The second-order valence-electron chi connectivity index (χ2n) is 4.87. The molecule has 0 bridgehead atoms. The second-order valence-corrected chi connectivity index (χ2v) is 7.39. The number of benzene rings is 1. The Bertz CT molecular complexity index is 885. The van der Waals surface area contributed by atoms with E-state index in [1.54, 1.807) is 12.1 Å². The molecule has 0 atom stereocenters. The first-order valence-electron chi connectivity index (χ1n) is 7.22. The molecular formula is C15H15N5O2S2. The van der Waals surface area contributed by atoms with Crippen molar-refractivity contribution in [3.8, 4) is 5.69 Å². The van der Waals surface area contributed by atoms with E-state index in [-0.39, 0.29) is 17.2 Å². The summed E-state index contributed by atoms with van der Waals surface area (Å²) in [5.74, 6) is 0.375. The fourth-order valence-electron chi connectivity index (χ4n) is 2.02. The van der Waals surface area contributed by atoms with Crippen molar-refractivity contribution < 1.29 is 4.79 Å². The zero-order valence-corrected chi connectivity index (χ0v) is 14.5. The zero-order valence-electron chi connectivity index (χ0n) is 12.9. The molecular weight excluding hydrogens is 346 g/mol. The van der Waals surface area contributed by atoms with E-state index in [1.807, 2.05) is 25.1 Å². The van der Waals surface area contributed by atoms with Crippen LogP contribution in [0.5, 0.6) is 0 Å². The predicted molar refractivity (Wildman–Crippen MR) is 94.1 cm³/mol. The van der Waals surface area contributed by atoms with Crippen molar-refractivity contribution >= 4 is 29.0 Å². The summed E-state index contributed by atoms with van der Waals surface area (Å²) in [6, 6.07) is 10.4. The summed E-state index contributed by atoms with van der Waals surface area (Å²) in [4.78, 5) is 24.1. The van der Waals surface area contributed by atoms with Gasteiger partial charge < -0.3 is 5.32 Å². The number of hydrogen-bond donors (Lipinski definition) is 2. The molecule has 0 fully saturated rings. The fraction of sp³-hybridized carbons (Fsp3) is 0.200. The maximum absolute atomic E-state index is 12.1. The zero-order chi connectivity index (χ0) is 16.9. The van der Waals surface area contributed by atoms with Crippen LogP contribution in [0.2, 0.25) is 0 Å². The molecule has 1 amide bonds. The highest BCUT2D eigenvalue weighted by Crippen LogP contribution is 2.20. The standard InChI is InChI=1S/C15H15N5O2S2/c1-10-17-18-15(24-10)23-8-7-16-14(22)12-9-13(21)20(19-12)11-5-3-2-4-6-11/h2-6,9,19H,7-8H2,1H3,(H,16,22). The Hall–Kier alpha value is -2.39. The van der Waals surface area contributed by atoms with Crippen molar-refractivity contribution in [2.24, 2.45) is 0 Å². The van der Waals surface area contributed by atoms with Crippen LogP contribution in [0, 0.1) is 6.92 Å². The van der Waals surface area contributed by atoms with Gasteiger partial charge in [-0.05, 0) is 19.1 Å². The van der Waals surface area contributed by atoms with Gasteiger partial charge in [-0.15, -0.1) is 10.2 Å². The van der Waals surface area contributed by atoms with Crippen LogP contribution in [0.4, 0.5) is 0 Å². The molecule has 0 saturated heterocycles. The van der Waals surface area contributed by atoms with Gasteiger partial charge in [-0.2, -0.15) is 0 Å². The molecule has 3 aromatic rings. The Kier molecular flexibility index (Phi) is 5.11. The van der Waals surface area contributed by atoms with Crippen molar-refractivity contribution in [1.82, 2.24) is 25.3 Å². The summed E-state index contributed by atoms with van der Waals surface area (Å²) in [7, 11) is 0. The first kappa shape index (κ1) is 16.5. The van der Waals surface area contributed by atoms with Gasteiger partial charge in [0.25, 0.3) is 11.5 Å². The quantitative estimate of drug-likeness (QED) is 0.516. The van der Waals surface area contributed by atoms with Crippen molar-refractivity contribution in [1.29, 1.82) is 0 Å². The van der Waals surface area contributed by atoms with Gasteiger partial charge >= 0.3 is 0 Å². The van der Waals surface area contributed by atoms with Gasteiger partial charge in [0.1, 0.15) is 10.7 Å².